The molecule has 0 radical (unpaired) electrons. The minimum atomic E-state index is -0.149. The molecule has 2 aromatic heterocycles. The number of hydrogen-bond donors (Lipinski definition) is 2. The van der Waals surface area contributed by atoms with E-state index in [1.165, 1.54) is 22.1 Å². The molecule has 0 aliphatic rings. The molecule has 1 amide bonds. The van der Waals surface area contributed by atoms with Gasteiger partial charge in [-0.3, -0.25) is 9.59 Å². The number of nitrogens with one attached hydrogen (secondary N) is 2. The number of nitrogens with zero attached hydrogens (tertiary/aromatic N) is 4. The quantitative estimate of drug-likeness (QED) is 0.419. The SMILES string of the molecule is CCN(CC)CCNCC(=O)Nc1nc(-c2ccccc2)c(-c2ccc(=O)n(C(C)C)n2)s1. The fraction of sp³-hybridized carbons (Fsp3) is 0.417. The molecule has 9 heteroatoms. The first-order valence-corrected chi connectivity index (χ1v) is 12.1. The summed E-state index contributed by atoms with van der Waals surface area (Å²) in [6.45, 7) is 11.9. The van der Waals surface area contributed by atoms with Crippen molar-refractivity contribution in [2.24, 2.45) is 0 Å². The second kappa shape index (κ2) is 11.8. The van der Waals surface area contributed by atoms with Crippen molar-refractivity contribution < 1.29 is 4.79 Å². The van der Waals surface area contributed by atoms with E-state index in [0.29, 0.717) is 10.8 Å². The highest BCUT2D eigenvalue weighted by Gasteiger charge is 2.18. The Balaban J connectivity index is 1.81. The van der Waals surface area contributed by atoms with E-state index in [4.69, 9.17) is 4.98 Å². The van der Waals surface area contributed by atoms with Crippen LogP contribution in [0.3, 0.4) is 0 Å². The molecule has 3 rings (SSSR count). The number of rotatable bonds is 11. The maximum absolute atomic E-state index is 12.5. The minimum absolute atomic E-state index is 0.0628. The summed E-state index contributed by atoms with van der Waals surface area (Å²) in [6, 6.07) is 12.9. The summed E-state index contributed by atoms with van der Waals surface area (Å²) >= 11 is 1.36. The zero-order chi connectivity index (χ0) is 23.8. The number of amides is 1. The van der Waals surface area contributed by atoms with Gasteiger partial charge in [-0.1, -0.05) is 55.5 Å². The van der Waals surface area contributed by atoms with E-state index in [0.717, 1.165) is 42.3 Å². The maximum Gasteiger partial charge on any atom is 0.267 e. The molecule has 0 saturated carbocycles. The second-order valence-electron chi connectivity index (χ2n) is 7.91. The predicted molar refractivity (Wildman–Crippen MR) is 135 cm³/mol. The fourth-order valence-corrected chi connectivity index (χ4v) is 4.37. The molecule has 0 saturated heterocycles. The van der Waals surface area contributed by atoms with Crippen LogP contribution in [-0.4, -0.2) is 58.3 Å². The highest BCUT2D eigenvalue weighted by molar-refractivity contribution is 7.19. The Labute approximate surface area is 198 Å². The van der Waals surface area contributed by atoms with Crippen LogP contribution in [0.1, 0.15) is 33.7 Å². The first-order chi connectivity index (χ1) is 15.9. The Hall–Kier alpha value is -2.88. The van der Waals surface area contributed by atoms with Gasteiger partial charge in [-0.05, 0) is 33.0 Å². The van der Waals surface area contributed by atoms with Gasteiger partial charge >= 0.3 is 0 Å². The lowest BCUT2D eigenvalue weighted by atomic mass is 10.1. The molecule has 33 heavy (non-hydrogen) atoms. The molecular weight excluding hydrogens is 436 g/mol. The standard InChI is InChI=1S/C24H32N6O2S/c1-5-29(6-2)15-14-25-16-20(31)26-24-27-22(18-10-8-7-9-11-18)23(33-24)19-12-13-21(32)30(28-19)17(3)4/h7-13,17,25H,5-6,14-16H2,1-4H3,(H,26,27,31). The molecule has 2 heterocycles. The molecular formula is C24H32N6O2S. The number of benzene rings is 1. The Kier molecular flexibility index (Phi) is 8.87. The molecule has 8 nitrogen and oxygen atoms in total. The number of carbonyl (C=O) groups is 1. The van der Waals surface area contributed by atoms with Crippen molar-refractivity contribution in [3.8, 4) is 21.8 Å². The smallest absolute Gasteiger partial charge is 0.267 e. The van der Waals surface area contributed by atoms with E-state index in [1.807, 2.05) is 44.2 Å². The van der Waals surface area contributed by atoms with E-state index in [2.05, 4.69) is 34.5 Å². The van der Waals surface area contributed by atoms with E-state index in [-0.39, 0.29) is 24.1 Å². The van der Waals surface area contributed by atoms with Gasteiger partial charge in [-0.25, -0.2) is 9.67 Å². The van der Waals surface area contributed by atoms with Gasteiger partial charge in [-0.2, -0.15) is 5.10 Å². The molecule has 3 aromatic rings. The predicted octanol–water partition coefficient (Wildman–Crippen LogP) is 3.48. The zero-order valence-corrected chi connectivity index (χ0v) is 20.5. The van der Waals surface area contributed by atoms with Gasteiger partial charge in [0.05, 0.1) is 23.2 Å². The lowest BCUT2D eigenvalue weighted by molar-refractivity contribution is -0.115. The van der Waals surface area contributed by atoms with Crippen molar-refractivity contribution in [2.75, 3.05) is 38.0 Å². The molecule has 0 bridgehead atoms. The van der Waals surface area contributed by atoms with Crippen LogP contribution in [-0.2, 0) is 4.79 Å². The summed E-state index contributed by atoms with van der Waals surface area (Å²) in [7, 11) is 0. The van der Waals surface area contributed by atoms with Crippen molar-refractivity contribution in [2.45, 2.75) is 33.7 Å². The second-order valence-corrected chi connectivity index (χ2v) is 8.91. The van der Waals surface area contributed by atoms with Crippen molar-refractivity contribution in [3.63, 3.8) is 0 Å². The highest BCUT2D eigenvalue weighted by atomic mass is 32.1. The van der Waals surface area contributed by atoms with Gasteiger partial charge in [-0.15, -0.1) is 0 Å². The van der Waals surface area contributed by atoms with Crippen LogP contribution in [0.15, 0.2) is 47.3 Å². The summed E-state index contributed by atoms with van der Waals surface area (Å²) in [5, 5.41) is 11.2. The number of aromatic nitrogens is 3. The molecule has 0 fully saturated rings. The molecule has 0 aliphatic carbocycles. The van der Waals surface area contributed by atoms with Crippen LogP contribution in [0.4, 0.5) is 5.13 Å². The highest BCUT2D eigenvalue weighted by Crippen LogP contribution is 2.37. The van der Waals surface area contributed by atoms with E-state index in [1.54, 1.807) is 6.07 Å². The van der Waals surface area contributed by atoms with Crippen LogP contribution in [0.2, 0.25) is 0 Å². The molecule has 176 valence electrons. The molecule has 0 aliphatic heterocycles. The van der Waals surface area contributed by atoms with E-state index >= 15 is 0 Å². The third-order valence-corrected chi connectivity index (χ3v) is 6.25. The topological polar surface area (TPSA) is 92.2 Å². The number of thiazole rings is 1. The number of hydrogen-bond acceptors (Lipinski definition) is 7. The first kappa shape index (κ1) is 24.8. The summed E-state index contributed by atoms with van der Waals surface area (Å²) in [4.78, 5) is 32.5. The first-order valence-electron chi connectivity index (χ1n) is 11.3. The minimum Gasteiger partial charge on any atom is -0.307 e. The van der Waals surface area contributed by atoms with Crippen molar-refractivity contribution in [3.05, 3.63) is 52.8 Å². The number of likely N-dealkylation sites (N-methyl/N-ethyl adjacent to an activating group) is 1. The van der Waals surface area contributed by atoms with E-state index in [9.17, 15) is 9.59 Å². The Bertz CT molecular complexity index is 1110. The van der Waals surface area contributed by atoms with Crippen LogP contribution in [0, 0.1) is 0 Å². The molecule has 0 spiro atoms. The summed E-state index contributed by atoms with van der Waals surface area (Å²) < 4.78 is 1.46. The van der Waals surface area contributed by atoms with Gasteiger partial charge < -0.3 is 15.5 Å². The average Bonchev–Trinajstić information content (AvgIpc) is 3.23. The molecule has 2 N–H and O–H groups in total. The number of anilines is 1. The van der Waals surface area contributed by atoms with Gasteiger partial charge in [0.1, 0.15) is 5.69 Å². The van der Waals surface area contributed by atoms with Gasteiger partial charge in [0.15, 0.2) is 5.13 Å². The third kappa shape index (κ3) is 6.56. The van der Waals surface area contributed by atoms with Crippen molar-refractivity contribution in [1.29, 1.82) is 0 Å². The molecule has 0 unspecified atom stereocenters. The largest absolute Gasteiger partial charge is 0.307 e. The Morgan fingerprint density at radius 3 is 2.52 bits per heavy atom. The van der Waals surface area contributed by atoms with Crippen molar-refractivity contribution >= 4 is 22.4 Å². The van der Waals surface area contributed by atoms with Crippen LogP contribution in [0.5, 0.6) is 0 Å². The van der Waals surface area contributed by atoms with Crippen LogP contribution < -0.4 is 16.2 Å². The van der Waals surface area contributed by atoms with Crippen LogP contribution in [0.25, 0.3) is 21.8 Å². The average molecular weight is 469 g/mol. The Morgan fingerprint density at radius 2 is 1.85 bits per heavy atom. The normalized spacial score (nSPS) is 11.3. The van der Waals surface area contributed by atoms with E-state index < -0.39 is 0 Å². The number of carbonyl (C=O) groups excluding carboxylic acids is 1. The third-order valence-electron chi connectivity index (χ3n) is 5.25. The van der Waals surface area contributed by atoms with Crippen LogP contribution >= 0.6 is 11.3 Å². The van der Waals surface area contributed by atoms with Crippen molar-refractivity contribution in [1.82, 2.24) is 25.0 Å². The maximum atomic E-state index is 12.5. The van der Waals surface area contributed by atoms with Gasteiger partial charge in [0.25, 0.3) is 5.56 Å². The molecule has 0 atom stereocenters. The zero-order valence-electron chi connectivity index (χ0n) is 19.7. The fourth-order valence-electron chi connectivity index (χ4n) is 3.40. The Morgan fingerprint density at radius 1 is 1.12 bits per heavy atom. The lowest BCUT2D eigenvalue weighted by Gasteiger charge is -2.17. The summed E-state index contributed by atoms with van der Waals surface area (Å²) in [5.74, 6) is -0.144. The van der Waals surface area contributed by atoms with Gasteiger partial charge in [0, 0.05) is 24.7 Å². The summed E-state index contributed by atoms with van der Waals surface area (Å²) in [6.07, 6.45) is 0. The van der Waals surface area contributed by atoms with Gasteiger partial charge in [0.2, 0.25) is 5.91 Å². The summed E-state index contributed by atoms with van der Waals surface area (Å²) in [5.41, 5.74) is 2.15. The monoisotopic (exact) mass is 468 g/mol. The lowest BCUT2D eigenvalue weighted by Crippen LogP contribution is -2.35. The molecule has 1 aromatic carbocycles.